The van der Waals surface area contributed by atoms with Crippen LogP contribution in [0.1, 0.15) is 33.6 Å². The van der Waals surface area contributed by atoms with Crippen molar-refractivity contribution >= 4 is 0 Å². The van der Waals surface area contributed by atoms with E-state index < -0.39 is 0 Å². The van der Waals surface area contributed by atoms with Gasteiger partial charge in [0, 0.05) is 0 Å². The molecule has 1 aliphatic rings. The fraction of sp³-hybridized carbons (Fsp3) is 0.800. The summed E-state index contributed by atoms with van der Waals surface area (Å²) in [5.74, 6) is 2.61. The van der Waals surface area contributed by atoms with E-state index in [9.17, 15) is 0 Å². The maximum atomic E-state index is 4.02. The molecule has 0 unspecified atom stereocenters. The molecule has 1 fully saturated rings. The molecule has 0 aliphatic heterocycles. The summed E-state index contributed by atoms with van der Waals surface area (Å²) in [5.41, 5.74) is 1.39. The Morgan fingerprint density at radius 1 is 1.30 bits per heavy atom. The molecule has 1 saturated carbocycles. The lowest BCUT2D eigenvalue weighted by Crippen LogP contribution is -2.08. The van der Waals surface area contributed by atoms with E-state index in [0.717, 1.165) is 17.8 Å². The molecule has 0 aromatic rings. The molecule has 0 amide bonds. The highest BCUT2D eigenvalue weighted by Crippen LogP contribution is 2.39. The Bertz CT molecular complexity index is 135. The lowest BCUT2D eigenvalue weighted by atomic mass is 9.88. The van der Waals surface area contributed by atoms with Crippen molar-refractivity contribution in [1.82, 2.24) is 0 Å². The summed E-state index contributed by atoms with van der Waals surface area (Å²) in [7, 11) is 0. The third-order valence-electron chi connectivity index (χ3n) is 3.10. The van der Waals surface area contributed by atoms with Crippen LogP contribution >= 0.6 is 0 Å². The Morgan fingerprint density at radius 2 is 1.90 bits per heavy atom. The molecule has 0 nitrogen and oxygen atoms in total. The summed E-state index contributed by atoms with van der Waals surface area (Å²) >= 11 is 0. The minimum Gasteiger partial charge on any atom is -0.0999 e. The average Bonchev–Trinajstić information content (AvgIpc) is 2.14. The van der Waals surface area contributed by atoms with E-state index in [-0.39, 0.29) is 0 Å². The summed E-state index contributed by atoms with van der Waals surface area (Å²) in [6, 6.07) is 0. The minimum atomic E-state index is 0.815. The van der Waals surface area contributed by atoms with Crippen LogP contribution in [0.15, 0.2) is 12.2 Å². The molecule has 3 atom stereocenters. The molecule has 0 heterocycles. The lowest BCUT2D eigenvalue weighted by molar-refractivity contribution is 0.395. The van der Waals surface area contributed by atoms with Crippen LogP contribution in [0, 0.1) is 17.8 Å². The first kappa shape index (κ1) is 7.84. The number of allylic oxidation sites excluding steroid dienone is 1. The Labute approximate surface area is 64.3 Å². The molecule has 0 aromatic carbocycles. The van der Waals surface area contributed by atoms with E-state index in [1.807, 2.05) is 0 Å². The standard InChI is InChI=1S/C10H18/c1-7(2)10-6-5-8(3)9(10)4/h8-10H,1,5-6H2,2-4H3/t8-,9+,10+/m0/s1. The quantitative estimate of drug-likeness (QED) is 0.488. The third kappa shape index (κ3) is 1.25. The monoisotopic (exact) mass is 138 g/mol. The van der Waals surface area contributed by atoms with Crippen molar-refractivity contribution in [3.8, 4) is 0 Å². The topological polar surface area (TPSA) is 0 Å². The molecular weight excluding hydrogens is 120 g/mol. The SMILES string of the molecule is C=C(C)[C@H]1CC[C@H](C)[C@H]1C. The molecule has 58 valence electrons. The van der Waals surface area contributed by atoms with E-state index in [2.05, 4.69) is 27.4 Å². The first-order valence-corrected chi connectivity index (χ1v) is 4.28. The highest BCUT2D eigenvalue weighted by Gasteiger charge is 2.29. The lowest BCUT2D eigenvalue weighted by Gasteiger charge is -2.17. The van der Waals surface area contributed by atoms with Crippen molar-refractivity contribution < 1.29 is 0 Å². The van der Waals surface area contributed by atoms with E-state index >= 15 is 0 Å². The molecule has 0 spiro atoms. The predicted octanol–water partition coefficient (Wildman–Crippen LogP) is 3.24. The van der Waals surface area contributed by atoms with Gasteiger partial charge in [-0.1, -0.05) is 26.0 Å². The van der Waals surface area contributed by atoms with E-state index in [0.29, 0.717) is 0 Å². The van der Waals surface area contributed by atoms with Crippen molar-refractivity contribution in [1.29, 1.82) is 0 Å². The molecule has 0 bridgehead atoms. The molecule has 1 aliphatic carbocycles. The highest BCUT2D eigenvalue weighted by atomic mass is 14.3. The van der Waals surface area contributed by atoms with Gasteiger partial charge in [0.15, 0.2) is 0 Å². The fourth-order valence-corrected chi connectivity index (χ4v) is 2.06. The molecule has 0 heteroatoms. The molecule has 10 heavy (non-hydrogen) atoms. The second-order valence-corrected chi connectivity index (χ2v) is 3.87. The molecule has 0 saturated heterocycles. The minimum absolute atomic E-state index is 0.815. The van der Waals surface area contributed by atoms with Gasteiger partial charge in [0.2, 0.25) is 0 Å². The van der Waals surface area contributed by atoms with Gasteiger partial charge >= 0.3 is 0 Å². The van der Waals surface area contributed by atoms with Crippen LogP contribution in [0.25, 0.3) is 0 Å². The van der Waals surface area contributed by atoms with Gasteiger partial charge in [0.25, 0.3) is 0 Å². The van der Waals surface area contributed by atoms with Crippen LogP contribution in [0.2, 0.25) is 0 Å². The van der Waals surface area contributed by atoms with E-state index in [4.69, 9.17) is 0 Å². The molecular formula is C10H18. The smallest absolute Gasteiger partial charge is 0.0180 e. The van der Waals surface area contributed by atoms with Gasteiger partial charge in [-0.3, -0.25) is 0 Å². The van der Waals surface area contributed by atoms with Crippen LogP contribution in [-0.2, 0) is 0 Å². The van der Waals surface area contributed by atoms with Gasteiger partial charge in [0.05, 0.1) is 0 Å². The Kier molecular flexibility index (Phi) is 2.18. The fourth-order valence-electron chi connectivity index (χ4n) is 2.06. The van der Waals surface area contributed by atoms with Gasteiger partial charge in [-0.2, -0.15) is 0 Å². The van der Waals surface area contributed by atoms with Crippen molar-refractivity contribution in [3.05, 3.63) is 12.2 Å². The summed E-state index contributed by atoms with van der Waals surface area (Å²) in [4.78, 5) is 0. The van der Waals surface area contributed by atoms with Gasteiger partial charge < -0.3 is 0 Å². The van der Waals surface area contributed by atoms with Crippen LogP contribution in [0.5, 0.6) is 0 Å². The average molecular weight is 138 g/mol. The zero-order valence-electron chi connectivity index (χ0n) is 7.35. The molecule has 0 N–H and O–H groups in total. The molecule has 0 radical (unpaired) electrons. The van der Waals surface area contributed by atoms with Crippen molar-refractivity contribution in [2.45, 2.75) is 33.6 Å². The number of hydrogen-bond donors (Lipinski definition) is 0. The largest absolute Gasteiger partial charge is 0.0999 e. The highest BCUT2D eigenvalue weighted by molar-refractivity contribution is 5.02. The van der Waals surface area contributed by atoms with Crippen molar-refractivity contribution in [2.75, 3.05) is 0 Å². The van der Waals surface area contributed by atoms with E-state index in [1.54, 1.807) is 0 Å². The Morgan fingerprint density at radius 3 is 2.10 bits per heavy atom. The molecule has 1 rings (SSSR count). The Hall–Kier alpha value is -0.260. The van der Waals surface area contributed by atoms with Crippen molar-refractivity contribution in [3.63, 3.8) is 0 Å². The van der Waals surface area contributed by atoms with Gasteiger partial charge in [0.1, 0.15) is 0 Å². The maximum Gasteiger partial charge on any atom is -0.0180 e. The number of hydrogen-bond acceptors (Lipinski definition) is 0. The van der Waals surface area contributed by atoms with Gasteiger partial charge in [-0.05, 0) is 37.5 Å². The van der Waals surface area contributed by atoms with Crippen LogP contribution < -0.4 is 0 Å². The number of rotatable bonds is 1. The van der Waals surface area contributed by atoms with E-state index in [1.165, 1.54) is 18.4 Å². The maximum absolute atomic E-state index is 4.02. The second kappa shape index (κ2) is 2.77. The van der Waals surface area contributed by atoms with Gasteiger partial charge in [-0.25, -0.2) is 0 Å². The predicted molar refractivity (Wildman–Crippen MR) is 45.9 cm³/mol. The zero-order chi connectivity index (χ0) is 7.72. The van der Waals surface area contributed by atoms with Crippen LogP contribution in [0.3, 0.4) is 0 Å². The van der Waals surface area contributed by atoms with Crippen LogP contribution in [-0.4, -0.2) is 0 Å². The second-order valence-electron chi connectivity index (χ2n) is 3.87. The van der Waals surface area contributed by atoms with Crippen LogP contribution in [0.4, 0.5) is 0 Å². The third-order valence-corrected chi connectivity index (χ3v) is 3.10. The first-order valence-electron chi connectivity index (χ1n) is 4.28. The zero-order valence-corrected chi connectivity index (χ0v) is 7.35. The normalized spacial score (nSPS) is 40.1. The summed E-state index contributed by atoms with van der Waals surface area (Å²) in [6.07, 6.45) is 2.77. The van der Waals surface area contributed by atoms with Gasteiger partial charge in [-0.15, -0.1) is 0 Å². The summed E-state index contributed by atoms with van der Waals surface area (Å²) < 4.78 is 0. The van der Waals surface area contributed by atoms with Crippen molar-refractivity contribution in [2.24, 2.45) is 17.8 Å². The Balaban J connectivity index is 2.57. The first-order chi connectivity index (χ1) is 4.63. The summed E-state index contributed by atoms with van der Waals surface area (Å²) in [5, 5.41) is 0. The molecule has 0 aromatic heterocycles. The summed E-state index contributed by atoms with van der Waals surface area (Å²) in [6.45, 7) is 10.9.